The second-order valence-corrected chi connectivity index (χ2v) is 12.3. The number of aromatic nitrogens is 2. The molecule has 3 saturated heterocycles. The second-order valence-electron chi connectivity index (χ2n) is 12.3. The number of piperazine rings is 1. The van der Waals surface area contributed by atoms with Crippen molar-refractivity contribution < 1.29 is 0 Å². The molecule has 6 rings (SSSR count). The first-order valence-electron chi connectivity index (χ1n) is 16.1. The third-order valence-electron chi connectivity index (χ3n) is 9.38. The molecule has 0 radical (unpaired) electrons. The molecule has 224 valence electrons. The monoisotopic (exact) mass is 568 g/mol. The van der Waals surface area contributed by atoms with Crippen LogP contribution in [0, 0.1) is 0 Å². The summed E-state index contributed by atoms with van der Waals surface area (Å²) in [7, 11) is 2.24. The summed E-state index contributed by atoms with van der Waals surface area (Å²) < 4.78 is 0. The first-order valence-corrected chi connectivity index (χ1v) is 16.1. The fourth-order valence-electron chi connectivity index (χ4n) is 6.70. The van der Waals surface area contributed by atoms with Gasteiger partial charge in [-0.2, -0.15) is 0 Å². The van der Waals surface area contributed by atoms with Crippen molar-refractivity contribution in [1.29, 1.82) is 0 Å². The molecule has 0 aliphatic carbocycles. The van der Waals surface area contributed by atoms with Crippen molar-refractivity contribution in [1.82, 2.24) is 24.7 Å². The van der Waals surface area contributed by atoms with Crippen LogP contribution in [0.25, 0.3) is 0 Å². The number of hydrogen-bond acceptors (Lipinski definition) is 8. The Morgan fingerprint density at radius 3 is 2.21 bits per heavy atom. The average molecular weight is 569 g/mol. The van der Waals surface area contributed by atoms with E-state index in [1.54, 1.807) is 0 Å². The van der Waals surface area contributed by atoms with Crippen molar-refractivity contribution in [2.45, 2.75) is 57.7 Å². The van der Waals surface area contributed by atoms with Gasteiger partial charge in [0, 0.05) is 82.4 Å². The van der Waals surface area contributed by atoms with Gasteiger partial charge in [0.15, 0.2) is 5.82 Å². The van der Waals surface area contributed by atoms with Crippen molar-refractivity contribution in [2.75, 3.05) is 74.9 Å². The van der Waals surface area contributed by atoms with Crippen LogP contribution in [0.4, 0.5) is 23.0 Å². The van der Waals surface area contributed by atoms with Crippen LogP contribution in [0.5, 0.6) is 0 Å². The molecule has 2 N–H and O–H groups in total. The second kappa shape index (κ2) is 13.8. The van der Waals surface area contributed by atoms with Crippen molar-refractivity contribution in [3.63, 3.8) is 0 Å². The van der Waals surface area contributed by atoms with E-state index in [1.807, 2.05) is 6.20 Å². The van der Waals surface area contributed by atoms with Crippen LogP contribution < -0.4 is 15.5 Å². The van der Waals surface area contributed by atoms with Crippen LogP contribution in [0.1, 0.15) is 43.9 Å². The van der Waals surface area contributed by atoms with Gasteiger partial charge in [-0.1, -0.05) is 37.3 Å². The molecule has 0 amide bonds. The lowest BCUT2D eigenvalue weighted by atomic mass is 10.0. The Bertz CT molecular complexity index is 1240. The number of nitrogens with zero attached hydrogens (tertiary/aromatic N) is 6. The Morgan fingerprint density at radius 1 is 0.810 bits per heavy atom. The third kappa shape index (κ3) is 7.41. The smallest absolute Gasteiger partial charge is 0.151 e. The minimum Gasteiger partial charge on any atom is -0.371 e. The van der Waals surface area contributed by atoms with Crippen LogP contribution >= 0.6 is 0 Å². The largest absolute Gasteiger partial charge is 0.371 e. The maximum absolute atomic E-state index is 4.97. The summed E-state index contributed by atoms with van der Waals surface area (Å²) in [6, 6.07) is 20.8. The number of aryl methyl sites for hydroxylation is 1. The van der Waals surface area contributed by atoms with E-state index in [0.717, 1.165) is 81.0 Å². The molecule has 8 nitrogen and oxygen atoms in total. The summed E-state index contributed by atoms with van der Waals surface area (Å²) in [5.74, 6) is 1.71. The number of piperidine rings is 2. The van der Waals surface area contributed by atoms with Gasteiger partial charge in [0.1, 0.15) is 5.82 Å². The predicted molar refractivity (Wildman–Crippen MR) is 174 cm³/mol. The van der Waals surface area contributed by atoms with Gasteiger partial charge in [-0.05, 0) is 69.0 Å². The van der Waals surface area contributed by atoms with Gasteiger partial charge in [-0.3, -0.25) is 14.8 Å². The van der Waals surface area contributed by atoms with Gasteiger partial charge >= 0.3 is 0 Å². The van der Waals surface area contributed by atoms with Crippen molar-refractivity contribution in [2.24, 2.45) is 0 Å². The summed E-state index contributed by atoms with van der Waals surface area (Å²) in [6.45, 7) is 12.5. The van der Waals surface area contributed by atoms with Crippen LogP contribution in [-0.2, 0) is 13.0 Å². The molecule has 3 aliphatic heterocycles. The minimum atomic E-state index is 0.423. The highest BCUT2D eigenvalue weighted by molar-refractivity contribution is 5.62. The SMILES string of the molecule is CCc1ncc(Nc2ccc(N3CCC(N4CCN(C)CC4)CC3)cc2)nc1NC1CCN(Cc2ccccc2)CC1. The molecule has 0 spiro atoms. The van der Waals surface area contributed by atoms with E-state index in [4.69, 9.17) is 9.97 Å². The zero-order valence-corrected chi connectivity index (χ0v) is 25.5. The van der Waals surface area contributed by atoms with Gasteiger partial charge in [-0.25, -0.2) is 4.98 Å². The molecule has 0 unspecified atom stereocenters. The summed E-state index contributed by atoms with van der Waals surface area (Å²) in [5.41, 5.74) is 4.78. The quantitative estimate of drug-likeness (QED) is 0.371. The zero-order chi connectivity index (χ0) is 28.7. The van der Waals surface area contributed by atoms with Gasteiger partial charge in [0.2, 0.25) is 0 Å². The number of nitrogens with one attached hydrogen (secondary N) is 2. The van der Waals surface area contributed by atoms with Crippen molar-refractivity contribution in [3.8, 4) is 0 Å². The van der Waals surface area contributed by atoms with Gasteiger partial charge in [0.05, 0.1) is 11.9 Å². The van der Waals surface area contributed by atoms with Crippen LogP contribution in [0.15, 0.2) is 60.8 Å². The van der Waals surface area contributed by atoms with Crippen LogP contribution in [0.3, 0.4) is 0 Å². The average Bonchev–Trinajstić information content (AvgIpc) is 3.04. The molecule has 3 fully saturated rings. The molecule has 3 aliphatic rings. The van der Waals surface area contributed by atoms with E-state index in [0.29, 0.717) is 6.04 Å². The first-order chi connectivity index (χ1) is 20.6. The van der Waals surface area contributed by atoms with E-state index in [9.17, 15) is 0 Å². The van der Waals surface area contributed by atoms with Gasteiger partial charge in [0.25, 0.3) is 0 Å². The van der Waals surface area contributed by atoms with E-state index in [-0.39, 0.29) is 0 Å². The number of benzene rings is 2. The molecule has 0 atom stereocenters. The highest BCUT2D eigenvalue weighted by Gasteiger charge is 2.27. The van der Waals surface area contributed by atoms with E-state index in [1.165, 1.54) is 50.3 Å². The Kier molecular flexibility index (Phi) is 9.53. The van der Waals surface area contributed by atoms with Crippen LogP contribution in [-0.4, -0.2) is 96.2 Å². The normalized spacial score (nSPS) is 20.1. The molecule has 4 heterocycles. The van der Waals surface area contributed by atoms with Crippen LogP contribution in [0.2, 0.25) is 0 Å². The number of likely N-dealkylation sites (N-methyl/N-ethyl adjacent to an activating group) is 1. The Balaban J connectivity index is 1.00. The third-order valence-corrected chi connectivity index (χ3v) is 9.38. The lowest BCUT2D eigenvalue weighted by Crippen LogP contribution is -2.52. The van der Waals surface area contributed by atoms with Crippen molar-refractivity contribution >= 4 is 23.0 Å². The zero-order valence-electron chi connectivity index (χ0n) is 25.5. The molecule has 0 bridgehead atoms. The maximum atomic E-state index is 4.97. The highest BCUT2D eigenvalue weighted by Crippen LogP contribution is 2.27. The number of anilines is 4. The molecule has 1 aromatic heterocycles. The molecule has 42 heavy (non-hydrogen) atoms. The lowest BCUT2D eigenvalue weighted by molar-refractivity contribution is 0.0982. The number of likely N-dealkylation sites (tertiary alicyclic amines) is 1. The summed E-state index contributed by atoms with van der Waals surface area (Å²) in [4.78, 5) is 20.0. The van der Waals surface area contributed by atoms with E-state index < -0.39 is 0 Å². The van der Waals surface area contributed by atoms with Gasteiger partial charge < -0.3 is 20.4 Å². The molecule has 3 aromatic rings. The van der Waals surface area contributed by atoms with E-state index >= 15 is 0 Å². The summed E-state index contributed by atoms with van der Waals surface area (Å²) in [5, 5.41) is 7.24. The fourth-order valence-corrected chi connectivity index (χ4v) is 6.70. The van der Waals surface area contributed by atoms with E-state index in [2.05, 4.69) is 98.8 Å². The molecule has 0 saturated carbocycles. The number of rotatable bonds is 9. The first kappa shape index (κ1) is 28.9. The van der Waals surface area contributed by atoms with Gasteiger partial charge in [-0.15, -0.1) is 0 Å². The minimum absolute atomic E-state index is 0.423. The molecular weight excluding hydrogens is 520 g/mol. The fraction of sp³-hybridized carbons (Fsp3) is 0.529. The molecular formula is C34H48N8. The van der Waals surface area contributed by atoms with Crippen molar-refractivity contribution in [3.05, 3.63) is 72.1 Å². The Morgan fingerprint density at radius 2 is 1.52 bits per heavy atom. The topological polar surface area (TPSA) is 62.8 Å². The lowest BCUT2D eigenvalue weighted by Gasteiger charge is -2.42. The standard InChI is InChI=1S/C34H48N8/c1-3-32-34(37-29-13-17-40(18-14-29)26-27-7-5-4-6-8-27)38-33(25-35-32)36-28-9-11-30(12-10-28)41-19-15-31(16-20-41)42-23-21-39(2)22-24-42/h4-12,25,29,31H,3,13-24,26H2,1-2H3,(H2,36,37,38). The summed E-state index contributed by atoms with van der Waals surface area (Å²) >= 11 is 0. The maximum Gasteiger partial charge on any atom is 0.151 e. The molecule has 8 heteroatoms. The highest BCUT2D eigenvalue weighted by atomic mass is 15.3. The Labute approximate surface area is 252 Å². The predicted octanol–water partition coefficient (Wildman–Crippen LogP) is 5.08. The summed E-state index contributed by atoms with van der Waals surface area (Å²) in [6.07, 6.45) is 7.47. The molecule has 2 aromatic carbocycles. The Hall–Kier alpha value is -3.20. The number of hydrogen-bond donors (Lipinski definition) is 2.